The van der Waals surface area contributed by atoms with Crippen LogP contribution in [0, 0.1) is 13.8 Å². The first kappa shape index (κ1) is 18.2. The van der Waals surface area contributed by atoms with Crippen molar-refractivity contribution in [2.45, 2.75) is 45.2 Å². The van der Waals surface area contributed by atoms with E-state index in [4.69, 9.17) is 0 Å². The van der Waals surface area contributed by atoms with E-state index >= 15 is 0 Å². The van der Waals surface area contributed by atoms with Gasteiger partial charge in [-0.05, 0) is 51.3 Å². The van der Waals surface area contributed by atoms with Crippen LogP contribution in [0.3, 0.4) is 0 Å². The maximum absolute atomic E-state index is 11.9. The lowest BCUT2D eigenvalue weighted by Gasteiger charge is -2.16. The van der Waals surface area contributed by atoms with Crippen molar-refractivity contribution in [2.75, 3.05) is 10.6 Å². The number of aryl methyl sites for hydroxylation is 2. The van der Waals surface area contributed by atoms with Gasteiger partial charge in [-0.1, -0.05) is 6.07 Å². The number of hydrogen-bond donors (Lipinski definition) is 2. The number of nitrogens with zero attached hydrogens (tertiary/aromatic N) is 4. The van der Waals surface area contributed by atoms with Crippen molar-refractivity contribution in [3.63, 3.8) is 0 Å². The number of pyridine rings is 2. The van der Waals surface area contributed by atoms with Crippen molar-refractivity contribution in [2.24, 2.45) is 0 Å². The van der Waals surface area contributed by atoms with Gasteiger partial charge in [0.15, 0.2) is 0 Å². The van der Waals surface area contributed by atoms with Crippen LogP contribution in [0.4, 0.5) is 11.6 Å². The summed E-state index contributed by atoms with van der Waals surface area (Å²) in [5.74, 6) is 1.66. The minimum Gasteiger partial charge on any atom is -0.367 e. The fraction of sp³-hybridized carbons (Fsp3) is 0.333. The Hall–Kier alpha value is -3.22. The Bertz CT molecular complexity index is 1010. The van der Waals surface area contributed by atoms with Gasteiger partial charge in [0.1, 0.15) is 11.6 Å². The summed E-state index contributed by atoms with van der Waals surface area (Å²) in [6, 6.07) is 9.66. The third kappa shape index (κ3) is 4.03. The van der Waals surface area contributed by atoms with Crippen LogP contribution in [0.15, 0.2) is 53.7 Å². The Morgan fingerprint density at radius 1 is 0.929 bits per heavy atom. The summed E-state index contributed by atoms with van der Waals surface area (Å²) in [6.45, 7) is 3.94. The first-order valence-electron chi connectivity index (χ1n) is 9.56. The van der Waals surface area contributed by atoms with Gasteiger partial charge in [0.25, 0.3) is 5.56 Å². The lowest BCUT2D eigenvalue weighted by Crippen LogP contribution is -2.22. The predicted molar refractivity (Wildman–Crippen MR) is 110 cm³/mol. The number of nitrogens with one attached hydrogen (secondary N) is 2. The van der Waals surface area contributed by atoms with Crippen molar-refractivity contribution in [1.82, 2.24) is 19.5 Å². The number of hydrogen-bond acceptors (Lipinski definition) is 6. The van der Waals surface area contributed by atoms with Gasteiger partial charge in [0, 0.05) is 24.3 Å². The van der Waals surface area contributed by atoms with Gasteiger partial charge in [0.2, 0.25) is 0 Å². The second-order valence-electron chi connectivity index (χ2n) is 7.23. The van der Waals surface area contributed by atoms with Crippen molar-refractivity contribution < 1.29 is 0 Å². The molecule has 144 valence electrons. The molecule has 3 heterocycles. The van der Waals surface area contributed by atoms with Crippen molar-refractivity contribution in [3.8, 4) is 5.69 Å². The van der Waals surface area contributed by atoms with E-state index in [1.807, 2.05) is 32.0 Å². The molecule has 0 radical (unpaired) electrons. The topological polar surface area (TPSA) is 84.7 Å². The molecule has 1 saturated carbocycles. The Kier molecular flexibility index (Phi) is 5.06. The molecule has 0 spiro atoms. The molecule has 0 amide bonds. The maximum Gasteiger partial charge on any atom is 0.255 e. The van der Waals surface area contributed by atoms with E-state index in [2.05, 4.69) is 25.6 Å². The minimum absolute atomic E-state index is 0.0656. The zero-order chi connectivity index (χ0) is 19.5. The smallest absolute Gasteiger partial charge is 0.255 e. The first-order valence-corrected chi connectivity index (χ1v) is 9.56. The summed E-state index contributed by atoms with van der Waals surface area (Å²) in [6.07, 6.45) is 8.40. The number of anilines is 2. The Labute approximate surface area is 163 Å². The van der Waals surface area contributed by atoms with E-state index in [0.29, 0.717) is 12.1 Å². The molecule has 1 aliphatic rings. The third-order valence-corrected chi connectivity index (χ3v) is 5.18. The van der Waals surface area contributed by atoms with Crippen LogP contribution < -0.4 is 16.2 Å². The van der Waals surface area contributed by atoms with E-state index in [0.717, 1.165) is 48.0 Å². The fourth-order valence-corrected chi connectivity index (χ4v) is 3.53. The minimum atomic E-state index is -0.0656. The summed E-state index contributed by atoms with van der Waals surface area (Å²) in [7, 11) is 0. The second-order valence-corrected chi connectivity index (χ2v) is 7.23. The van der Waals surface area contributed by atoms with Crippen molar-refractivity contribution in [1.29, 1.82) is 0 Å². The van der Waals surface area contributed by atoms with Gasteiger partial charge in [-0.2, -0.15) is 0 Å². The molecule has 3 aromatic heterocycles. The summed E-state index contributed by atoms with van der Waals surface area (Å²) in [5.41, 5.74) is 2.61. The Morgan fingerprint density at radius 3 is 2.39 bits per heavy atom. The molecule has 0 saturated heterocycles. The van der Waals surface area contributed by atoms with Crippen LogP contribution in [-0.4, -0.2) is 31.6 Å². The zero-order valence-electron chi connectivity index (χ0n) is 16.1. The van der Waals surface area contributed by atoms with Crippen LogP contribution in [0.5, 0.6) is 0 Å². The molecule has 7 heteroatoms. The van der Waals surface area contributed by atoms with Gasteiger partial charge < -0.3 is 10.6 Å². The van der Waals surface area contributed by atoms with Crippen LogP contribution in [-0.2, 0) is 0 Å². The zero-order valence-corrected chi connectivity index (χ0v) is 16.1. The molecule has 0 unspecified atom stereocenters. The summed E-state index contributed by atoms with van der Waals surface area (Å²) in [4.78, 5) is 25.3. The number of aromatic nitrogens is 4. The predicted octanol–water partition coefficient (Wildman–Crippen LogP) is 3.08. The molecule has 2 N–H and O–H groups in total. The SMILES string of the molecule is Cc1ncc(N[C@H]2CC[C@H](Nc3ccc(-n4ccccc4=O)cn3)C2)nc1C. The van der Waals surface area contributed by atoms with Gasteiger partial charge in [-0.15, -0.1) is 0 Å². The van der Waals surface area contributed by atoms with Gasteiger partial charge in [-0.3, -0.25) is 14.3 Å². The highest BCUT2D eigenvalue weighted by Gasteiger charge is 2.25. The van der Waals surface area contributed by atoms with E-state index in [9.17, 15) is 4.79 Å². The van der Waals surface area contributed by atoms with Crippen LogP contribution in [0.2, 0.25) is 0 Å². The maximum atomic E-state index is 11.9. The molecule has 7 nitrogen and oxygen atoms in total. The van der Waals surface area contributed by atoms with Crippen LogP contribution >= 0.6 is 0 Å². The summed E-state index contributed by atoms with van der Waals surface area (Å²) < 4.78 is 1.58. The van der Waals surface area contributed by atoms with Crippen molar-refractivity contribution >= 4 is 11.6 Å². The standard InChI is InChI=1S/C21H24N6O/c1-14-15(2)24-20(13-22-14)26-17-7-6-16(11-17)25-19-9-8-18(12-23-19)27-10-4-3-5-21(27)28/h3-5,8-10,12-13,16-17H,6-7,11H2,1-2H3,(H,23,25)(H,24,26)/t16-,17-/m0/s1. The van der Waals surface area contributed by atoms with Gasteiger partial charge in [-0.25, -0.2) is 9.97 Å². The average Bonchev–Trinajstić information content (AvgIpc) is 3.13. The second kappa shape index (κ2) is 7.80. The molecule has 3 aromatic rings. The molecular weight excluding hydrogens is 352 g/mol. The van der Waals surface area contributed by atoms with Crippen molar-refractivity contribution in [3.05, 3.63) is 70.7 Å². The molecule has 0 bridgehead atoms. The highest BCUT2D eigenvalue weighted by atomic mass is 16.1. The number of rotatable bonds is 5. The lowest BCUT2D eigenvalue weighted by atomic mass is 10.2. The highest BCUT2D eigenvalue weighted by molar-refractivity contribution is 5.42. The van der Waals surface area contributed by atoms with E-state index in [-0.39, 0.29) is 5.56 Å². The summed E-state index contributed by atoms with van der Waals surface area (Å²) in [5, 5.41) is 6.99. The Morgan fingerprint density at radius 2 is 1.71 bits per heavy atom. The molecule has 0 aromatic carbocycles. The Balaban J connectivity index is 1.36. The molecule has 4 rings (SSSR count). The lowest BCUT2D eigenvalue weighted by molar-refractivity contribution is 0.718. The summed E-state index contributed by atoms with van der Waals surface area (Å²) >= 11 is 0. The molecular formula is C21H24N6O. The molecule has 1 fully saturated rings. The van der Waals surface area contributed by atoms with E-state index in [1.165, 1.54) is 6.07 Å². The van der Waals surface area contributed by atoms with Gasteiger partial charge in [0.05, 0.1) is 29.5 Å². The highest BCUT2D eigenvalue weighted by Crippen LogP contribution is 2.25. The molecule has 28 heavy (non-hydrogen) atoms. The molecule has 1 aliphatic carbocycles. The van der Waals surface area contributed by atoms with Crippen LogP contribution in [0.1, 0.15) is 30.7 Å². The normalized spacial score (nSPS) is 18.8. The quantitative estimate of drug-likeness (QED) is 0.712. The first-order chi connectivity index (χ1) is 13.6. The monoisotopic (exact) mass is 376 g/mol. The molecule has 0 aliphatic heterocycles. The average molecular weight is 376 g/mol. The largest absolute Gasteiger partial charge is 0.367 e. The van der Waals surface area contributed by atoms with Crippen LogP contribution in [0.25, 0.3) is 5.69 Å². The van der Waals surface area contributed by atoms with Gasteiger partial charge >= 0.3 is 0 Å². The third-order valence-electron chi connectivity index (χ3n) is 5.18. The fourth-order valence-electron chi connectivity index (χ4n) is 3.53. The van der Waals surface area contributed by atoms with E-state index in [1.54, 1.807) is 29.2 Å². The molecule has 2 atom stereocenters. The van der Waals surface area contributed by atoms with E-state index < -0.39 is 0 Å².